The topological polar surface area (TPSA) is 89.8 Å². The molecule has 0 saturated heterocycles. The first kappa shape index (κ1) is 16.3. The second kappa shape index (κ2) is 6.64. The van der Waals surface area contributed by atoms with Gasteiger partial charge in [-0.3, -0.25) is 9.59 Å². The summed E-state index contributed by atoms with van der Waals surface area (Å²) in [6.45, 7) is 1.85. The van der Waals surface area contributed by atoms with E-state index in [0.717, 1.165) is 31.2 Å². The molecule has 9 heteroatoms. The molecule has 1 N–H and O–H groups in total. The molecule has 3 aromatic rings. The van der Waals surface area contributed by atoms with Crippen LogP contribution in [0.2, 0.25) is 0 Å². The normalized spacial score (nSPS) is 15.1. The molecule has 0 aromatic carbocycles. The summed E-state index contributed by atoms with van der Waals surface area (Å²) in [4.78, 5) is 31.6. The number of hydrogen-bond acceptors (Lipinski definition) is 7. The van der Waals surface area contributed by atoms with Gasteiger partial charge in [0.25, 0.3) is 11.5 Å². The summed E-state index contributed by atoms with van der Waals surface area (Å²) in [5, 5.41) is 14.0. The van der Waals surface area contributed by atoms with Crippen LogP contribution < -0.4 is 10.9 Å². The van der Waals surface area contributed by atoms with Gasteiger partial charge in [-0.25, -0.2) is 4.98 Å². The first-order valence-electron chi connectivity index (χ1n) is 8.29. The maximum absolute atomic E-state index is 13.0. The first-order chi connectivity index (χ1) is 12.2. The second-order valence-corrected chi connectivity index (χ2v) is 7.96. The zero-order chi connectivity index (χ0) is 17.4. The lowest BCUT2D eigenvalue weighted by molar-refractivity contribution is -0.119. The molecule has 4 rings (SSSR count). The molecule has 0 spiro atoms. The largest absolute Gasteiger partial charge is 0.300 e. The molecule has 7 nitrogen and oxygen atoms in total. The van der Waals surface area contributed by atoms with Crippen molar-refractivity contribution in [3.05, 3.63) is 32.4 Å². The van der Waals surface area contributed by atoms with Gasteiger partial charge in [0.05, 0.1) is 5.39 Å². The Morgan fingerprint density at radius 3 is 3.00 bits per heavy atom. The van der Waals surface area contributed by atoms with Crippen LogP contribution in [0.1, 0.15) is 42.7 Å². The molecule has 130 valence electrons. The third kappa shape index (κ3) is 2.87. The van der Waals surface area contributed by atoms with Gasteiger partial charge in [0, 0.05) is 16.5 Å². The molecular formula is C16H17N5O2S2. The third-order valence-corrected chi connectivity index (χ3v) is 6.32. The number of aryl methyl sites for hydroxylation is 2. The van der Waals surface area contributed by atoms with Gasteiger partial charge in [0.1, 0.15) is 6.04 Å². The van der Waals surface area contributed by atoms with E-state index in [1.54, 1.807) is 22.9 Å². The van der Waals surface area contributed by atoms with E-state index in [1.807, 2.05) is 6.92 Å². The minimum Gasteiger partial charge on any atom is -0.300 e. The Hall–Kier alpha value is -2.13. The maximum Gasteiger partial charge on any atom is 0.279 e. The van der Waals surface area contributed by atoms with Crippen LogP contribution in [0, 0.1) is 0 Å². The number of nitrogens with one attached hydrogen (secondary N) is 1. The highest BCUT2D eigenvalue weighted by molar-refractivity contribution is 7.18. The molecule has 1 aliphatic rings. The van der Waals surface area contributed by atoms with Crippen LogP contribution >= 0.6 is 22.7 Å². The zero-order valence-corrected chi connectivity index (χ0v) is 15.3. The second-order valence-electron chi connectivity index (χ2n) is 5.98. The van der Waals surface area contributed by atoms with E-state index in [2.05, 4.69) is 20.6 Å². The molecule has 1 amide bonds. The average Bonchev–Trinajstić information content (AvgIpc) is 3.24. The van der Waals surface area contributed by atoms with Gasteiger partial charge in [0.2, 0.25) is 0 Å². The van der Waals surface area contributed by atoms with Crippen molar-refractivity contribution in [3.8, 4) is 0 Å². The number of carbonyl (C=O) groups is 1. The van der Waals surface area contributed by atoms with Gasteiger partial charge < -0.3 is 5.32 Å². The number of carbonyl (C=O) groups excluding carboxylic acids is 1. The fourth-order valence-electron chi connectivity index (χ4n) is 3.23. The number of amides is 1. The highest BCUT2D eigenvalue weighted by Gasteiger charge is 2.26. The van der Waals surface area contributed by atoms with Crippen LogP contribution in [-0.4, -0.2) is 25.9 Å². The van der Waals surface area contributed by atoms with E-state index in [0.29, 0.717) is 21.8 Å². The van der Waals surface area contributed by atoms with Crippen molar-refractivity contribution in [2.75, 3.05) is 5.32 Å². The number of thiophene rings is 1. The number of nitrogens with zero attached hydrogens (tertiary/aromatic N) is 4. The molecule has 1 unspecified atom stereocenters. The van der Waals surface area contributed by atoms with Crippen molar-refractivity contribution < 1.29 is 4.79 Å². The molecule has 0 saturated carbocycles. The van der Waals surface area contributed by atoms with Gasteiger partial charge in [-0.1, -0.05) is 12.1 Å². The number of aromatic nitrogens is 4. The molecular weight excluding hydrogens is 358 g/mol. The molecule has 1 atom stereocenters. The van der Waals surface area contributed by atoms with E-state index >= 15 is 0 Å². The van der Waals surface area contributed by atoms with E-state index in [9.17, 15) is 9.59 Å². The summed E-state index contributed by atoms with van der Waals surface area (Å²) >= 11 is 2.89. The monoisotopic (exact) mass is 375 g/mol. The van der Waals surface area contributed by atoms with Gasteiger partial charge in [-0.05, 0) is 37.7 Å². The average molecular weight is 375 g/mol. The highest BCUT2D eigenvalue weighted by atomic mass is 32.1. The van der Waals surface area contributed by atoms with Crippen LogP contribution in [-0.2, 0) is 17.6 Å². The summed E-state index contributed by atoms with van der Waals surface area (Å²) in [5.41, 5.74) is 0.889. The van der Waals surface area contributed by atoms with Crippen molar-refractivity contribution in [2.45, 2.75) is 45.1 Å². The Balaban J connectivity index is 1.75. The fourth-order valence-corrected chi connectivity index (χ4v) is 4.96. The summed E-state index contributed by atoms with van der Waals surface area (Å²) in [5.74, 6) is -0.294. The molecule has 3 heterocycles. The fraction of sp³-hybridized carbons (Fsp3) is 0.438. The molecule has 0 radical (unpaired) electrons. The van der Waals surface area contributed by atoms with Crippen molar-refractivity contribution in [1.82, 2.24) is 20.0 Å². The Bertz CT molecular complexity index is 976. The maximum atomic E-state index is 13.0. The molecule has 25 heavy (non-hydrogen) atoms. The Kier molecular flexibility index (Phi) is 4.34. The number of anilines is 1. The summed E-state index contributed by atoms with van der Waals surface area (Å²) in [6.07, 6.45) is 6.20. The van der Waals surface area contributed by atoms with Gasteiger partial charge in [0.15, 0.2) is 9.96 Å². The van der Waals surface area contributed by atoms with E-state index in [4.69, 9.17) is 0 Å². The Labute approximate surface area is 151 Å². The molecule has 0 fully saturated rings. The number of thiazole rings is 1. The minimum atomic E-state index is -0.701. The lowest BCUT2D eigenvalue weighted by Crippen LogP contribution is -2.35. The number of hydrogen-bond donors (Lipinski definition) is 1. The first-order valence-corrected chi connectivity index (χ1v) is 9.98. The van der Waals surface area contributed by atoms with E-state index in [-0.39, 0.29) is 11.5 Å². The van der Waals surface area contributed by atoms with Gasteiger partial charge in [-0.2, -0.15) is 4.68 Å². The van der Waals surface area contributed by atoms with Crippen LogP contribution in [0.25, 0.3) is 10.2 Å². The van der Waals surface area contributed by atoms with E-state index < -0.39 is 6.04 Å². The standard InChI is InChI=1S/C16H17N5O2S2/c1-2-10(13(22)18-16-17-7-8-24-16)21-15(23)12-9-5-3-4-6-11(9)25-14(12)19-20-21/h7-8,10H,2-6H2,1H3,(H,17,18,22). The van der Waals surface area contributed by atoms with Crippen molar-refractivity contribution in [3.63, 3.8) is 0 Å². The lowest BCUT2D eigenvalue weighted by atomic mass is 9.97. The molecule has 0 bridgehead atoms. The number of fused-ring (bicyclic) bond motifs is 3. The lowest BCUT2D eigenvalue weighted by Gasteiger charge is -2.15. The van der Waals surface area contributed by atoms with Crippen molar-refractivity contribution in [2.24, 2.45) is 0 Å². The third-order valence-electron chi connectivity index (χ3n) is 4.45. The van der Waals surface area contributed by atoms with E-state index in [1.165, 1.54) is 20.9 Å². The van der Waals surface area contributed by atoms with Crippen LogP contribution in [0.3, 0.4) is 0 Å². The van der Waals surface area contributed by atoms with Crippen LogP contribution in [0.4, 0.5) is 5.13 Å². The summed E-state index contributed by atoms with van der Waals surface area (Å²) in [6, 6.07) is -0.701. The quantitative estimate of drug-likeness (QED) is 0.757. The SMILES string of the molecule is CCC(C(=O)Nc1nccs1)n1nnc2sc3c(c2c1=O)CCCC3. The Morgan fingerprint density at radius 2 is 2.24 bits per heavy atom. The van der Waals surface area contributed by atoms with Crippen LogP contribution in [0.15, 0.2) is 16.4 Å². The molecule has 0 aliphatic heterocycles. The predicted molar refractivity (Wildman–Crippen MR) is 98.4 cm³/mol. The highest BCUT2D eigenvalue weighted by Crippen LogP contribution is 2.33. The zero-order valence-electron chi connectivity index (χ0n) is 13.7. The van der Waals surface area contributed by atoms with Crippen LogP contribution in [0.5, 0.6) is 0 Å². The predicted octanol–water partition coefficient (Wildman–Crippen LogP) is 2.78. The smallest absolute Gasteiger partial charge is 0.279 e. The van der Waals surface area contributed by atoms with Gasteiger partial charge in [-0.15, -0.1) is 27.8 Å². The van der Waals surface area contributed by atoms with Gasteiger partial charge >= 0.3 is 0 Å². The van der Waals surface area contributed by atoms with Crippen molar-refractivity contribution >= 4 is 43.9 Å². The molecule has 3 aromatic heterocycles. The minimum absolute atomic E-state index is 0.217. The summed E-state index contributed by atoms with van der Waals surface area (Å²) in [7, 11) is 0. The Morgan fingerprint density at radius 1 is 1.40 bits per heavy atom. The van der Waals surface area contributed by atoms with Crippen molar-refractivity contribution in [1.29, 1.82) is 0 Å². The number of rotatable bonds is 4. The molecule has 1 aliphatic carbocycles. The summed E-state index contributed by atoms with van der Waals surface area (Å²) < 4.78 is 1.23.